The zero-order valence-corrected chi connectivity index (χ0v) is 26.1. The standard InChI is InChI=1S/C31H38Cl2FN5O3/c1-6-38(7-2)29(42)39-15-18(16-39)35-27(40)26-24(19-9-8-10-21(33)25(19)34)31(23(37-26)14-30(3,4)5)20-12-11-17(32)13-22(20)36-28(31)41/h8-13,18,23-24,26,37H,6-7,14-16H2,1-5H3,(H,35,40)(H,36,41)/t23-,24+,26-,31+/m1/s1. The van der Waals surface area contributed by atoms with Crippen LogP contribution in [0.2, 0.25) is 10.0 Å². The van der Waals surface area contributed by atoms with Gasteiger partial charge in [-0.3, -0.25) is 9.59 Å². The second-order valence-corrected chi connectivity index (χ2v) is 13.5. The molecule has 0 saturated carbocycles. The lowest BCUT2D eigenvalue weighted by Gasteiger charge is -2.42. The van der Waals surface area contributed by atoms with Crippen LogP contribution in [0.1, 0.15) is 58.1 Å². The molecule has 2 saturated heterocycles. The van der Waals surface area contributed by atoms with Crippen LogP contribution in [0.25, 0.3) is 0 Å². The number of urea groups is 1. The van der Waals surface area contributed by atoms with Gasteiger partial charge in [0.1, 0.15) is 11.2 Å². The highest BCUT2D eigenvalue weighted by Crippen LogP contribution is 2.57. The second-order valence-electron chi connectivity index (χ2n) is 12.7. The Morgan fingerprint density at radius 2 is 1.83 bits per heavy atom. The van der Waals surface area contributed by atoms with Crippen molar-refractivity contribution in [3.63, 3.8) is 0 Å². The minimum absolute atomic E-state index is 0.0644. The van der Waals surface area contributed by atoms with Gasteiger partial charge in [-0.25, -0.2) is 9.18 Å². The van der Waals surface area contributed by atoms with Gasteiger partial charge in [-0.05, 0) is 55.0 Å². The van der Waals surface area contributed by atoms with E-state index in [1.165, 1.54) is 6.07 Å². The number of hydrogen-bond donors (Lipinski definition) is 3. The van der Waals surface area contributed by atoms with Crippen LogP contribution in [0.3, 0.4) is 0 Å². The predicted molar refractivity (Wildman–Crippen MR) is 163 cm³/mol. The summed E-state index contributed by atoms with van der Waals surface area (Å²) in [5.74, 6) is -2.25. The molecular weight excluding hydrogens is 580 g/mol. The molecule has 3 heterocycles. The maximum atomic E-state index is 15.9. The Morgan fingerprint density at radius 1 is 1.14 bits per heavy atom. The monoisotopic (exact) mass is 617 g/mol. The summed E-state index contributed by atoms with van der Waals surface area (Å²) in [6, 6.07) is 8.10. The van der Waals surface area contributed by atoms with Gasteiger partial charge >= 0.3 is 6.03 Å². The summed E-state index contributed by atoms with van der Waals surface area (Å²) in [6.45, 7) is 12.0. The molecule has 3 aliphatic heterocycles. The molecule has 0 bridgehead atoms. The Morgan fingerprint density at radius 3 is 2.48 bits per heavy atom. The molecule has 11 heteroatoms. The first kappa shape index (κ1) is 30.6. The van der Waals surface area contributed by atoms with Crippen molar-refractivity contribution in [1.82, 2.24) is 20.4 Å². The van der Waals surface area contributed by atoms with Crippen molar-refractivity contribution in [2.75, 3.05) is 31.5 Å². The first-order valence-corrected chi connectivity index (χ1v) is 15.2. The molecule has 5 rings (SSSR count). The molecule has 2 fully saturated rings. The molecule has 4 amide bonds. The van der Waals surface area contributed by atoms with E-state index < -0.39 is 29.2 Å². The van der Waals surface area contributed by atoms with Crippen LogP contribution >= 0.6 is 23.2 Å². The third kappa shape index (κ3) is 5.13. The first-order chi connectivity index (χ1) is 19.8. The van der Waals surface area contributed by atoms with Crippen LogP contribution in [0.5, 0.6) is 0 Å². The third-order valence-electron chi connectivity index (χ3n) is 8.75. The number of anilines is 1. The first-order valence-electron chi connectivity index (χ1n) is 14.5. The lowest BCUT2D eigenvalue weighted by molar-refractivity contribution is -0.125. The molecule has 2 aromatic carbocycles. The number of fused-ring (bicyclic) bond motifs is 2. The second kappa shape index (κ2) is 11.3. The quantitative estimate of drug-likeness (QED) is 0.418. The Bertz CT molecular complexity index is 1410. The molecule has 3 N–H and O–H groups in total. The van der Waals surface area contributed by atoms with Gasteiger partial charge in [0.15, 0.2) is 0 Å². The number of hydrogen-bond acceptors (Lipinski definition) is 4. The summed E-state index contributed by atoms with van der Waals surface area (Å²) in [7, 11) is 0. The summed E-state index contributed by atoms with van der Waals surface area (Å²) in [4.78, 5) is 44.4. The fourth-order valence-corrected chi connectivity index (χ4v) is 7.22. The predicted octanol–water partition coefficient (Wildman–Crippen LogP) is 5.15. The summed E-state index contributed by atoms with van der Waals surface area (Å²) >= 11 is 12.6. The number of nitrogens with one attached hydrogen (secondary N) is 3. The molecular formula is C31H38Cl2FN5O3. The minimum Gasteiger partial charge on any atom is -0.348 e. The van der Waals surface area contributed by atoms with E-state index in [0.29, 0.717) is 48.9 Å². The fourth-order valence-electron chi connectivity index (χ4n) is 6.86. The highest BCUT2D eigenvalue weighted by molar-refractivity contribution is 6.31. The van der Waals surface area contributed by atoms with E-state index in [9.17, 15) is 14.4 Å². The molecule has 0 unspecified atom stereocenters. The van der Waals surface area contributed by atoms with E-state index in [-0.39, 0.29) is 39.9 Å². The molecule has 226 valence electrons. The molecule has 2 aromatic rings. The minimum atomic E-state index is -1.31. The molecule has 3 aliphatic rings. The van der Waals surface area contributed by atoms with Crippen molar-refractivity contribution in [3.05, 3.63) is 63.4 Å². The molecule has 8 nitrogen and oxygen atoms in total. The zero-order valence-electron chi connectivity index (χ0n) is 24.6. The number of carbonyl (C=O) groups is 3. The largest absolute Gasteiger partial charge is 0.348 e. The van der Waals surface area contributed by atoms with Crippen LogP contribution in [0, 0.1) is 11.2 Å². The molecule has 0 aromatic heterocycles. The van der Waals surface area contributed by atoms with Crippen molar-refractivity contribution in [1.29, 1.82) is 0 Å². The normalized spacial score (nSPS) is 25.3. The van der Waals surface area contributed by atoms with Crippen LogP contribution in [0.4, 0.5) is 14.9 Å². The topological polar surface area (TPSA) is 93.8 Å². The maximum absolute atomic E-state index is 15.9. The number of amides is 4. The van der Waals surface area contributed by atoms with Gasteiger partial charge in [0, 0.05) is 48.8 Å². The van der Waals surface area contributed by atoms with Crippen molar-refractivity contribution in [3.8, 4) is 0 Å². The number of rotatable bonds is 6. The fraction of sp³-hybridized carbons (Fsp3) is 0.516. The highest BCUT2D eigenvalue weighted by atomic mass is 35.5. The number of benzene rings is 2. The van der Waals surface area contributed by atoms with Gasteiger partial charge in [-0.15, -0.1) is 0 Å². The van der Waals surface area contributed by atoms with Crippen molar-refractivity contribution >= 4 is 46.7 Å². The van der Waals surface area contributed by atoms with Gasteiger partial charge in [0.2, 0.25) is 11.8 Å². The SMILES string of the molecule is CCN(CC)C(=O)N1CC(NC(=O)[C@@H]2N[C@H](CC(C)(C)C)[C@]3(C(=O)Nc4cc(Cl)ccc43)[C@H]2c2cccc(Cl)c2F)C1. The molecule has 0 radical (unpaired) electrons. The van der Waals surface area contributed by atoms with E-state index in [1.54, 1.807) is 40.1 Å². The van der Waals surface area contributed by atoms with Crippen molar-refractivity contribution < 1.29 is 18.8 Å². The van der Waals surface area contributed by atoms with E-state index in [2.05, 4.69) is 36.7 Å². The Balaban J connectivity index is 1.55. The molecule has 1 spiro atoms. The van der Waals surface area contributed by atoms with Crippen molar-refractivity contribution in [2.45, 2.75) is 70.5 Å². The van der Waals surface area contributed by atoms with E-state index in [4.69, 9.17) is 23.2 Å². The Hall–Kier alpha value is -2.88. The van der Waals surface area contributed by atoms with Crippen molar-refractivity contribution in [2.24, 2.45) is 5.41 Å². The number of carbonyl (C=O) groups excluding carboxylic acids is 3. The summed E-state index contributed by atoms with van der Waals surface area (Å²) < 4.78 is 15.9. The Labute approximate surface area is 256 Å². The number of likely N-dealkylation sites (tertiary alicyclic amines) is 1. The maximum Gasteiger partial charge on any atom is 0.320 e. The summed E-state index contributed by atoms with van der Waals surface area (Å²) in [6.07, 6.45) is 0.528. The third-order valence-corrected chi connectivity index (χ3v) is 9.28. The zero-order chi connectivity index (χ0) is 30.6. The number of halogens is 3. The highest BCUT2D eigenvalue weighted by Gasteiger charge is 2.66. The van der Waals surface area contributed by atoms with Gasteiger partial charge in [0.25, 0.3) is 0 Å². The van der Waals surface area contributed by atoms with Crippen LogP contribution in [0.15, 0.2) is 36.4 Å². The molecule has 4 atom stereocenters. The molecule has 42 heavy (non-hydrogen) atoms. The van der Waals surface area contributed by atoms with Crippen LogP contribution in [-0.2, 0) is 15.0 Å². The van der Waals surface area contributed by atoms with Gasteiger partial charge in [-0.2, -0.15) is 0 Å². The summed E-state index contributed by atoms with van der Waals surface area (Å²) in [5, 5.41) is 9.91. The lowest BCUT2D eigenvalue weighted by Crippen LogP contribution is -2.65. The van der Waals surface area contributed by atoms with E-state index in [1.807, 2.05) is 13.8 Å². The molecule has 0 aliphatic carbocycles. The van der Waals surface area contributed by atoms with Gasteiger partial charge in [-0.1, -0.05) is 62.2 Å². The average molecular weight is 619 g/mol. The summed E-state index contributed by atoms with van der Waals surface area (Å²) in [5.41, 5.74) is -0.145. The van der Waals surface area contributed by atoms with Gasteiger partial charge < -0.3 is 25.8 Å². The van der Waals surface area contributed by atoms with E-state index >= 15 is 4.39 Å². The van der Waals surface area contributed by atoms with E-state index in [0.717, 1.165) is 0 Å². The Kier molecular flexibility index (Phi) is 8.24. The smallest absolute Gasteiger partial charge is 0.320 e. The van der Waals surface area contributed by atoms with Crippen LogP contribution in [-0.4, -0.2) is 71.9 Å². The van der Waals surface area contributed by atoms with Crippen LogP contribution < -0.4 is 16.0 Å². The average Bonchev–Trinajstić information content (AvgIpc) is 3.37. The van der Waals surface area contributed by atoms with Gasteiger partial charge in [0.05, 0.1) is 17.1 Å². The number of nitrogens with zero attached hydrogens (tertiary/aromatic N) is 2. The lowest BCUT2D eigenvalue weighted by atomic mass is 9.62.